The Morgan fingerprint density at radius 1 is 0.979 bits per heavy atom. The van der Waals surface area contributed by atoms with Crippen LogP contribution in [0.5, 0.6) is 5.75 Å². The van der Waals surface area contributed by atoms with E-state index in [-0.39, 0.29) is 4.90 Å². The van der Waals surface area contributed by atoms with Crippen LogP contribution in [0.1, 0.15) is 87.6 Å². The van der Waals surface area contributed by atoms with Gasteiger partial charge in [-0.05, 0) is 91.6 Å². The van der Waals surface area contributed by atoms with E-state index in [1.807, 2.05) is 12.1 Å². The number of carbonyl (C=O) groups is 1. The lowest BCUT2D eigenvalue weighted by Crippen LogP contribution is -2.46. The molecule has 0 radical (unpaired) electrons. The molecule has 1 unspecified atom stereocenters. The zero-order valence-corrected chi connectivity index (χ0v) is 29.2. The monoisotopic (exact) mass is 679 g/mol. The van der Waals surface area contributed by atoms with E-state index in [9.17, 15) is 21.6 Å². The van der Waals surface area contributed by atoms with E-state index in [1.54, 1.807) is 36.4 Å². The first-order valence-corrected chi connectivity index (χ1v) is 19.7. The Kier molecular flexibility index (Phi) is 11.7. The van der Waals surface area contributed by atoms with Crippen LogP contribution in [0, 0.1) is 17.2 Å². The third kappa shape index (κ3) is 9.81. The summed E-state index contributed by atoms with van der Waals surface area (Å²) in [6.45, 7) is 6.42. The smallest absolute Gasteiger partial charge is 0.236 e. The number of benzene rings is 3. The summed E-state index contributed by atoms with van der Waals surface area (Å²) in [6, 6.07) is 20.5. The van der Waals surface area contributed by atoms with Gasteiger partial charge in [-0.15, -0.1) is 0 Å². The van der Waals surface area contributed by atoms with Crippen molar-refractivity contribution in [3.8, 4) is 11.8 Å². The van der Waals surface area contributed by atoms with Crippen LogP contribution < -0.4 is 14.8 Å². The second-order valence-electron chi connectivity index (χ2n) is 12.8. The van der Waals surface area contributed by atoms with Crippen LogP contribution in [0.15, 0.2) is 71.6 Å². The number of sulfonamides is 1. The Bertz CT molecular complexity index is 1810. The van der Waals surface area contributed by atoms with Gasteiger partial charge >= 0.3 is 0 Å². The minimum atomic E-state index is -3.80. The first-order chi connectivity index (χ1) is 22.3. The number of fused-ring (bicyclic) bond motifs is 2. The molecule has 11 heteroatoms. The summed E-state index contributed by atoms with van der Waals surface area (Å²) < 4.78 is 57.7. The number of nitriles is 1. The van der Waals surface area contributed by atoms with E-state index in [2.05, 4.69) is 42.9 Å². The molecular weight excluding hydrogens is 635 g/mol. The van der Waals surface area contributed by atoms with E-state index in [0.717, 1.165) is 49.8 Å². The van der Waals surface area contributed by atoms with Crippen LogP contribution in [0.3, 0.4) is 0 Å². The number of hydrogen-bond acceptors (Lipinski definition) is 7. The number of nitrogens with zero attached hydrogens (tertiary/aromatic N) is 1. The van der Waals surface area contributed by atoms with Gasteiger partial charge in [-0.25, -0.2) is 16.8 Å². The fourth-order valence-electron chi connectivity index (χ4n) is 6.55. The fourth-order valence-corrected chi connectivity index (χ4v) is 8.27. The summed E-state index contributed by atoms with van der Waals surface area (Å²) in [6.07, 6.45) is 8.43. The van der Waals surface area contributed by atoms with Crippen molar-refractivity contribution in [2.24, 2.45) is 5.92 Å². The molecule has 0 bridgehead atoms. The van der Waals surface area contributed by atoms with E-state index < -0.39 is 43.2 Å². The van der Waals surface area contributed by atoms with Crippen LogP contribution in [0.2, 0.25) is 0 Å². The van der Waals surface area contributed by atoms with E-state index >= 15 is 0 Å². The zero-order chi connectivity index (χ0) is 34.2. The molecule has 0 saturated heterocycles. The Labute approximate surface area is 279 Å². The molecule has 252 valence electrons. The van der Waals surface area contributed by atoms with Crippen LogP contribution in [0.25, 0.3) is 0 Å². The summed E-state index contributed by atoms with van der Waals surface area (Å²) in [5.41, 5.74) is 4.09. The highest BCUT2D eigenvalue weighted by Crippen LogP contribution is 2.45. The number of ether oxygens (including phenoxy) is 1. The molecule has 1 heterocycles. The van der Waals surface area contributed by atoms with Gasteiger partial charge in [0.05, 0.1) is 28.8 Å². The summed E-state index contributed by atoms with van der Waals surface area (Å²) in [7, 11) is -7.30. The van der Waals surface area contributed by atoms with Crippen molar-refractivity contribution in [3.63, 3.8) is 0 Å². The summed E-state index contributed by atoms with van der Waals surface area (Å²) >= 11 is 0. The van der Waals surface area contributed by atoms with Gasteiger partial charge < -0.3 is 10.1 Å². The SMILES string of the molecule is CCCC1(CCC)CC(NC(=O)CS(=O)(=O)c2ccccc2)c2cc(NS(C)(=O)=O)ccc2O1.C[C@@H]1CCc2cc(C#N)ccc2C1. The third-order valence-corrected chi connectivity index (χ3v) is 10.8. The van der Waals surface area contributed by atoms with Crippen LogP contribution in [-0.4, -0.2) is 40.4 Å². The maximum Gasteiger partial charge on any atom is 0.236 e. The molecule has 9 nitrogen and oxygen atoms in total. The van der Waals surface area contributed by atoms with Gasteiger partial charge in [-0.3, -0.25) is 9.52 Å². The number of sulfone groups is 1. The molecule has 2 aliphatic rings. The maximum absolute atomic E-state index is 12.9. The normalized spacial score (nSPS) is 18.2. The lowest BCUT2D eigenvalue weighted by molar-refractivity contribution is -0.120. The molecule has 0 spiro atoms. The highest BCUT2D eigenvalue weighted by atomic mass is 32.2. The Morgan fingerprint density at radius 3 is 2.32 bits per heavy atom. The summed E-state index contributed by atoms with van der Waals surface area (Å²) in [4.78, 5) is 13.0. The van der Waals surface area contributed by atoms with Gasteiger partial charge in [0.2, 0.25) is 15.9 Å². The molecule has 5 rings (SSSR count). The lowest BCUT2D eigenvalue weighted by Gasteiger charge is -2.43. The topological polar surface area (TPSA) is 142 Å². The van der Waals surface area contributed by atoms with Crippen molar-refractivity contribution in [1.82, 2.24) is 5.32 Å². The van der Waals surface area contributed by atoms with Crippen molar-refractivity contribution in [2.75, 3.05) is 16.7 Å². The molecule has 2 N–H and O–H groups in total. The number of nitrogens with one attached hydrogen (secondary N) is 2. The molecule has 0 aromatic heterocycles. The minimum Gasteiger partial charge on any atom is -0.487 e. The largest absolute Gasteiger partial charge is 0.487 e. The lowest BCUT2D eigenvalue weighted by atomic mass is 9.81. The number of carbonyl (C=O) groups excluding carboxylic acids is 1. The van der Waals surface area contributed by atoms with Crippen molar-refractivity contribution in [3.05, 3.63) is 89.0 Å². The Hall–Kier alpha value is -3.88. The van der Waals surface area contributed by atoms with Crippen molar-refractivity contribution < 1.29 is 26.4 Å². The number of rotatable bonds is 10. The summed E-state index contributed by atoms with van der Waals surface area (Å²) in [5, 5.41) is 11.6. The van der Waals surface area contributed by atoms with Gasteiger partial charge in [0, 0.05) is 17.7 Å². The minimum absolute atomic E-state index is 0.0866. The number of amides is 1. The maximum atomic E-state index is 12.9. The Morgan fingerprint density at radius 2 is 1.68 bits per heavy atom. The van der Waals surface area contributed by atoms with Gasteiger partial charge in [0.1, 0.15) is 17.1 Å². The first kappa shape index (κ1) is 36.0. The average Bonchev–Trinajstić information content (AvgIpc) is 3.01. The molecule has 1 aliphatic heterocycles. The number of anilines is 1. The van der Waals surface area contributed by atoms with Gasteiger partial charge in [-0.1, -0.05) is 57.9 Å². The average molecular weight is 680 g/mol. The molecule has 1 aliphatic carbocycles. The second kappa shape index (κ2) is 15.3. The molecule has 3 aromatic rings. The number of aryl methyl sites for hydroxylation is 1. The predicted octanol–water partition coefficient (Wildman–Crippen LogP) is 6.49. The predicted molar refractivity (Wildman–Crippen MR) is 184 cm³/mol. The van der Waals surface area contributed by atoms with E-state index in [4.69, 9.17) is 10.00 Å². The fraction of sp³-hybridized carbons (Fsp3) is 0.444. The molecule has 3 aromatic carbocycles. The molecular formula is C36H45N3O6S2. The Balaban J connectivity index is 0.000000318. The molecule has 2 atom stereocenters. The van der Waals surface area contributed by atoms with Crippen LogP contribution in [0.4, 0.5) is 5.69 Å². The molecule has 1 amide bonds. The van der Waals surface area contributed by atoms with Gasteiger partial charge in [-0.2, -0.15) is 5.26 Å². The molecule has 47 heavy (non-hydrogen) atoms. The summed E-state index contributed by atoms with van der Waals surface area (Å²) in [5.74, 6) is 0.0634. The highest BCUT2D eigenvalue weighted by molar-refractivity contribution is 7.92. The van der Waals surface area contributed by atoms with Crippen LogP contribution in [-0.2, 0) is 37.5 Å². The molecule has 0 fully saturated rings. The first-order valence-electron chi connectivity index (χ1n) is 16.2. The van der Waals surface area contributed by atoms with Crippen molar-refractivity contribution in [2.45, 2.75) is 88.7 Å². The standard InChI is InChI=1S/C24H32N2O6S2.C12H13N/c1-4-13-24(14-5-2)16-21(20-15-18(26-33(3,28)29)11-12-22(20)32-24)25-23(27)17-34(30,31)19-9-7-6-8-10-19;1-9-2-4-12-7-10(8-13)3-5-11(12)6-9/h6-12,15,21,26H,4-5,13-14,16-17H2,1-3H3,(H,25,27);3,5,7,9H,2,4,6H2,1H3/t;9-/m.1/s1. The quantitative estimate of drug-likeness (QED) is 0.249. The highest BCUT2D eigenvalue weighted by Gasteiger charge is 2.41. The van der Waals surface area contributed by atoms with Crippen molar-refractivity contribution in [1.29, 1.82) is 5.26 Å². The van der Waals surface area contributed by atoms with E-state index in [1.165, 1.54) is 36.1 Å². The van der Waals surface area contributed by atoms with Crippen LogP contribution >= 0.6 is 0 Å². The van der Waals surface area contributed by atoms with Gasteiger partial charge in [0.25, 0.3) is 0 Å². The third-order valence-electron chi connectivity index (χ3n) is 8.57. The zero-order valence-electron chi connectivity index (χ0n) is 27.6. The van der Waals surface area contributed by atoms with E-state index in [0.29, 0.717) is 23.4 Å². The van der Waals surface area contributed by atoms with Crippen molar-refractivity contribution >= 4 is 31.5 Å². The molecule has 0 saturated carbocycles. The second-order valence-corrected chi connectivity index (χ2v) is 16.5. The van der Waals surface area contributed by atoms with Gasteiger partial charge in [0.15, 0.2) is 9.84 Å². The number of hydrogen-bond donors (Lipinski definition) is 2.